The number of thioether (sulfide) groups is 1. The molecule has 2 atom stereocenters. The van der Waals surface area contributed by atoms with Crippen molar-refractivity contribution in [1.82, 2.24) is 4.90 Å². The molecule has 0 aliphatic carbocycles. The summed E-state index contributed by atoms with van der Waals surface area (Å²) < 4.78 is 29.5. The molecule has 2 aliphatic rings. The first-order chi connectivity index (χ1) is 13.9. The van der Waals surface area contributed by atoms with Crippen molar-refractivity contribution >= 4 is 32.7 Å². The maximum Gasteiger partial charge on any atom is 0.252 e. The second-order valence-corrected chi connectivity index (χ2v) is 10.6. The normalized spacial score (nSPS) is 23.9. The largest absolute Gasteiger partial charge is 0.497 e. The molecule has 2 aliphatic heterocycles. The first-order valence-electron chi connectivity index (χ1n) is 9.35. The summed E-state index contributed by atoms with van der Waals surface area (Å²) in [7, 11) is -1.45. The van der Waals surface area contributed by atoms with E-state index < -0.39 is 9.84 Å². The van der Waals surface area contributed by atoms with Gasteiger partial charge in [-0.15, -0.1) is 0 Å². The number of methoxy groups -OCH3 is 1. The maximum absolute atomic E-state index is 12.5. The molecule has 0 spiro atoms. The van der Waals surface area contributed by atoms with Crippen LogP contribution in [0.1, 0.15) is 11.1 Å². The van der Waals surface area contributed by atoms with E-state index in [9.17, 15) is 13.2 Å². The zero-order valence-electron chi connectivity index (χ0n) is 16.0. The third kappa shape index (κ3) is 4.64. The quantitative estimate of drug-likeness (QED) is 0.726. The molecule has 152 valence electrons. The third-order valence-corrected chi connectivity index (χ3v) is 8.35. The first kappa shape index (κ1) is 20.0. The number of amides is 1. The maximum atomic E-state index is 12.5. The van der Waals surface area contributed by atoms with Gasteiger partial charge in [-0.25, -0.2) is 8.42 Å². The minimum absolute atomic E-state index is 0.0819. The predicted molar refractivity (Wildman–Crippen MR) is 115 cm³/mol. The number of amidine groups is 1. The first-order valence-corrected chi connectivity index (χ1v) is 12.1. The highest BCUT2D eigenvalue weighted by Gasteiger charge is 2.48. The standard InChI is InChI=1S/C21H22N2O4S2/c1-27-17-9-7-16(8-10-17)12-23-18-13-29(25,26)14-19(18)28-21(23)22-20(24)11-15-5-3-2-4-6-15/h2-10,18-19H,11-14H2,1H3/t18-,19+/m1/s1. The van der Waals surface area contributed by atoms with E-state index in [1.807, 2.05) is 59.5 Å². The molecule has 0 radical (unpaired) electrons. The number of carbonyl (C=O) groups is 1. The fourth-order valence-corrected chi connectivity index (χ4v) is 7.63. The van der Waals surface area contributed by atoms with Crippen LogP contribution in [0.3, 0.4) is 0 Å². The Labute approximate surface area is 174 Å². The number of hydrogen-bond acceptors (Lipinski definition) is 5. The van der Waals surface area contributed by atoms with Crippen LogP contribution < -0.4 is 4.74 Å². The molecule has 0 unspecified atom stereocenters. The van der Waals surface area contributed by atoms with Crippen molar-refractivity contribution in [3.05, 3.63) is 65.7 Å². The fourth-order valence-electron chi connectivity index (χ4n) is 3.66. The lowest BCUT2D eigenvalue weighted by molar-refractivity contribution is -0.117. The van der Waals surface area contributed by atoms with E-state index in [0.717, 1.165) is 16.9 Å². The number of nitrogens with zero attached hydrogens (tertiary/aromatic N) is 2. The van der Waals surface area contributed by atoms with E-state index >= 15 is 0 Å². The molecule has 29 heavy (non-hydrogen) atoms. The summed E-state index contributed by atoms with van der Waals surface area (Å²) in [5.74, 6) is 0.777. The van der Waals surface area contributed by atoms with Crippen LogP contribution in [0.2, 0.25) is 0 Å². The number of benzene rings is 2. The van der Waals surface area contributed by atoms with Crippen LogP contribution in [0.25, 0.3) is 0 Å². The lowest BCUT2D eigenvalue weighted by Gasteiger charge is -2.24. The van der Waals surface area contributed by atoms with Crippen LogP contribution >= 0.6 is 11.8 Å². The van der Waals surface area contributed by atoms with Gasteiger partial charge in [-0.2, -0.15) is 4.99 Å². The van der Waals surface area contributed by atoms with Crippen molar-refractivity contribution in [1.29, 1.82) is 0 Å². The lowest BCUT2D eigenvalue weighted by Crippen LogP contribution is -2.37. The number of fused-ring (bicyclic) bond motifs is 1. The van der Waals surface area contributed by atoms with Crippen molar-refractivity contribution in [2.75, 3.05) is 18.6 Å². The summed E-state index contributed by atoms with van der Waals surface area (Å²) in [6.45, 7) is 0.505. The second kappa shape index (κ2) is 8.20. The monoisotopic (exact) mass is 430 g/mol. The molecular weight excluding hydrogens is 408 g/mol. The van der Waals surface area contributed by atoms with Crippen molar-refractivity contribution in [3.8, 4) is 5.75 Å². The fraction of sp³-hybridized carbons (Fsp3) is 0.333. The third-order valence-electron chi connectivity index (χ3n) is 5.11. The van der Waals surface area contributed by atoms with Gasteiger partial charge in [-0.1, -0.05) is 54.2 Å². The SMILES string of the molecule is COc1ccc(CN2C(=NC(=O)Cc3ccccc3)S[C@H]3CS(=O)(=O)C[C@H]32)cc1. The number of sulfone groups is 1. The molecule has 2 fully saturated rings. The van der Waals surface area contributed by atoms with Gasteiger partial charge >= 0.3 is 0 Å². The van der Waals surface area contributed by atoms with E-state index in [1.165, 1.54) is 11.8 Å². The van der Waals surface area contributed by atoms with Gasteiger partial charge in [0.25, 0.3) is 5.91 Å². The van der Waals surface area contributed by atoms with Crippen LogP contribution in [-0.2, 0) is 27.6 Å². The van der Waals surface area contributed by atoms with Crippen LogP contribution in [0, 0.1) is 0 Å². The second-order valence-electron chi connectivity index (χ2n) is 7.23. The Kier molecular flexibility index (Phi) is 5.65. The molecule has 2 saturated heterocycles. The van der Waals surface area contributed by atoms with Crippen LogP contribution in [-0.4, -0.2) is 54.3 Å². The molecule has 0 saturated carbocycles. The Morgan fingerprint density at radius 3 is 2.52 bits per heavy atom. The molecule has 2 heterocycles. The molecule has 8 heteroatoms. The van der Waals surface area contributed by atoms with Crippen molar-refractivity contribution in [2.45, 2.75) is 24.3 Å². The average molecular weight is 431 g/mol. The topological polar surface area (TPSA) is 76.0 Å². The zero-order valence-corrected chi connectivity index (χ0v) is 17.7. The summed E-state index contributed by atoms with van der Waals surface area (Å²) in [6.07, 6.45) is 0.231. The lowest BCUT2D eigenvalue weighted by atomic mass is 10.1. The smallest absolute Gasteiger partial charge is 0.252 e. The summed E-state index contributed by atoms with van der Waals surface area (Å²) in [5.41, 5.74) is 1.92. The minimum atomic E-state index is -3.06. The number of hydrogen-bond donors (Lipinski definition) is 0. The molecule has 2 aromatic carbocycles. The highest BCUT2D eigenvalue weighted by atomic mass is 32.2. The van der Waals surface area contributed by atoms with Gasteiger partial charge in [0.1, 0.15) is 5.75 Å². The van der Waals surface area contributed by atoms with E-state index in [0.29, 0.717) is 11.7 Å². The molecule has 2 aromatic rings. The van der Waals surface area contributed by atoms with Crippen molar-refractivity contribution in [2.24, 2.45) is 4.99 Å². The summed E-state index contributed by atoms with van der Waals surface area (Å²) in [4.78, 5) is 18.9. The Morgan fingerprint density at radius 2 is 1.83 bits per heavy atom. The predicted octanol–water partition coefficient (Wildman–Crippen LogP) is 2.53. The van der Waals surface area contributed by atoms with Gasteiger partial charge < -0.3 is 9.64 Å². The molecule has 4 rings (SSSR count). The van der Waals surface area contributed by atoms with Crippen molar-refractivity contribution < 1.29 is 17.9 Å². The average Bonchev–Trinajstić information content (AvgIpc) is 3.15. The Hall–Kier alpha value is -2.32. The van der Waals surface area contributed by atoms with Gasteiger partial charge in [-0.05, 0) is 23.3 Å². The molecule has 6 nitrogen and oxygen atoms in total. The number of rotatable bonds is 5. The van der Waals surface area contributed by atoms with Gasteiger partial charge in [0, 0.05) is 11.8 Å². The van der Waals surface area contributed by atoms with E-state index in [1.54, 1.807) is 7.11 Å². The Bertz CT molecular complexity index is 1020. The Balaban J connectivity index is 1.56. The van der Waals surface area contributed by atoms with Gasteiger partial charge in [0.15, 0.2) is 15.0 Å². The molecule has 1 amide bonds. The zero-order chi connectivity index (χ0) is 20.4. The highest BCUT2D eigenvalue weighted by Crippen LogP contribution is 2.39. The van der Waals surface area contributed by atoms with Crippen molar-refractivity contribution in [3.63, 3.8) is 0 Å². The van der Waals surface area contributed by atoms with Crippen LogP contribution in [0.4, 0.5) is 0 Å². The molecular formula is C21H22N2O4S2. The highest BCUT2D eigenvalue weighted by molar-refractivity contribution is 8.15. The molecule has 0 aromatic heterocycles. The Morgan fingerprint density at radius 1 is 1.10 bits per heavy atom. The minimum Gasteiger partial charge on any atom is -0.497 e. The van der Waals surface area contributed by atoms with Gasteiger partial charge in [-0.3, -0.25) is 4.79 Å². The number of ether oxygens (including phenoxy) is 1. The molecule has 0 bridgehead atoms. The van der Waals surface area contributed by atoms with Gasteiger partial charge in [0.05, 0.1) is 31.1 Å². The number of carbonyl (C=O) groups excluding carboxylic acids is 1. The molecule has 0 N–H and O–H groups in total. The summed E-state index contributed by atoms with van der Waals surface area (Å²) in [6, 6.07) is 17.0. The van der Waals surface area contributed by atoms with Crippen LogP contribution in [0.15, 0.2) is 59.6 Å². The van der Waals surface area contributed by atoms with E-state index in [2.05, 4.69) is 4.99 Å². The van der Waals surface area contributed by atoms with Crippen LogP contribution in [0.5, 0.6) is 5.75 Å². The summed E-state index contributed by atoms with van der Waals surface area (Å²) >= 11 is 1.41. The van der Waals surface area contributed by atoms with E-state index in [4.69, 9.17) is 4.74 Å². The summed E-state index contributed by atoms with van der Waals surface area (Å²) in [5, 5.41) is 0.535. The number of aliphatic imine (C=N–C) groups is 1. The van der Waals surface area contributed by atoms with E-state index in [-0.39, 0.29) is 35.1 Å². The van der Waals surface area contributed by atoms with Gasteiger partial charge in [0.2, 0.25) is 0 Å².